The monoisotopic (exact) mass is 193 g/mol. The van der Waals surface area contributed by atoms with E-state index in [4.69, 9.17) is 0 Å². The predicted octanol–water partition coefficient (Wildman–Crippen LogP) is 2.73. The molecule has 0 saturated carbocycles. The van der Waals surface area contributed by atoms with Gasteiger partial charge in [-0.1, -0.05) is 10.8 Å². The number of halogens is 2. The molecule has 0 unspecified atom stereocenters. The Labute approximate surface area is 71.0 Å². The van der Waals surface area contributed by atoms with Crippen LogP contribution in [0.25, 0.3) is 0 Å². The molecule has 0 amide bonds. The Kier molecular flexibility index (Phi) is 3.14. The van der Waals surface area contributed by atoms with Crippen molar-refractivity contribution < 1.29 is 8.78 Å². The minimum absolute atomic E-state index is 0.221. The first-order valence-corrected chi connectivity index (χ1v) is 5.31. The molecule has 0 radical (unpaired) electrons. The molecule has 0 aliphatic rings. The Bertz CT molecular complexity index is 254. The minimum Gasteiger partial charge on any atom is -0.243 e. The first-order chi connectivity index (χ1) is 5.24. The van der Waals surface area contributed by atoms with Crippen molar-refractivity contribution in [1.29, 1.82) is 0 Å². The maximum atomic E-state index is 12.7. The molecular formula is C6H5F2NS2. The molecule has 1 aromatic rings. The van der Waals surface area contributed by atoms with Crippen molar-refractivity contribution in [3.05, 3.63) is 23.9 Å². The van der Waals surface area contributed by atoms with E-state index in [-0.39, 0.29) is 5.03 Å². The Morgan fingerprint density at radius 1 is 1.45 bits per heavy atom. The highest BCUT2D eigenvalue weighted by Crippen LogP contribution is 2.28. The van der Waals surface area contributed by atoms with Gasteiger partial charge in [-0.3, -0.25) is 0 Å². The van der Waals surface area contributed by atoms with Crippen LogP contribution in [0.5, 0.6) is 0 Å². The molecule has 60 valence electrons. The van der Waals surface area contributed by atoms with Crippen LogP contribution in [0.15, 0.2) is 17.3 Å². The average molecular weight is 193 g/mol. The van der Waals surface area contributed by atoms with Crippen molar-refractivity contribution >= 4 is 21.6 Å². The van der Waals surface area contributed by atoms with Crippen LogP contribution in [-0.2, 0) is 0 Å². The van der Waals surface area contributed by atoms with Gasteiger partial charge in [0.15, 0.2) is 5.82 Å². The highest BCUT2D eigenvalue weighted by atomic mass is 33.1. The third kappa shape index (κ3) is 2.34. The van der Waals surface area contributed by atoms with Gasteiger partial charge in [0.25, 0.3) is 0 Å². The first kappa shape index (κ1) is 8.80. The SMILES string of the molecule is CSSc1ncc(F)cc1F. The van der Waals surface area contributed by atoms with E-state index in [0.29, 0.717) is 0 Å². The molecule has 5 heteroatoms. The smallest absolute Gasteiger partial charge is 0.159 e. The van der Waals surface area contributed by atoms with E-state index < -0.39 is 11.6 Å². The van der Waals surface area contributed by atoms with Crippen molar-refractivity contribution in [2.45, 2.75) is 5.03 Å². The van der Waals surface area contributed by atoms with Crippen molar-refractivity contribution in [2.24, 2.45) is 0 Å². The van der Waals surface area contributed by atoms with Gasteiger partial charge in [-0.25, -0.2) is 13.8 Å². The topological polar surface area (TPSA) is 12.9 Å². The fraction of sp³-hybridized carbons (Fsp3) is 0.167. The summed E-state index contributed by atoms with van der Waals surface area (Å²) < 4.78 is 25.0. The molecule has 0 bridgehead atoms. The van der Waals surface area contributed by atoms with Crippen LogP contribution in [-0.4, -0.2) is 11.2 Å². The number of hydrogen-bond donors (Lipinski definition) is 0. The van der Waals surface area contributed by atoms with Crippen LogP contribution in [0.3, 0.4) is 0 Å². The fourth-order valence-electron chi connectivity index (χ4n) is 0.542. The number of aromatic nitrogens is 1. The molecule has 0 aliphatic heterocycles. The van der Waals surface area contributed by atoms with E-state index in [0.717, 1.165) is 12.3 Å². The first-order valence-electron chi connectivity index (χ1n) is 2.75. The van der Waals surface area contributed by atoms with Gasteiger partial charge in [-0.15, -0.1) is 0 Å². The van der Waals surface area contributed by atoms with Crippen LogP contribution in [0.2, 0.25) is 0 Å². The standard InChI is InChI=1S/C6H5F2NS2/c1-10-11-6-5(8)2-4(7)3-9-6/h2-3H,1H3. The van der Waals surface area contributed by atoms with Gasteiger partial charge < -0.3 is 0 Å². The van der Waals surface area contributed by atoms with E-state index in [1.807, 2.05) is 0 Å². The molecule has 0 aliphatic carbocycles. The van der Waals surface area contributed by atoms with Crippen LogP contribution in [0, 0.1) is 11.6 Å². The number of rotatable bonds is 2. The second-order valence-electron chi connectivity index (χ2n) is 1.69. The normalized spacial score (nSPS) is 10.1. The number of nitrogens with zero attached hydrogens (tertiary/aromatic N) is 1. The van der Waals surface area contributed by atoms with Crippen LogP contribution >= 0.6 is 21.6 Å². The van der Waals surface area contributed by atoms with E-state index in [1.165, 1.54) is 21.6 Å². The van der Waals surface area contributed by atoms with Gasteiger partial charge in [0, 0.05) is 6.07 Å². The van der Waals surface area contributed by atoms with Crippen LogP contribution in [0.4, 0.5) is 8.78 Å². The molecule has 1 heterocycles. The fourth-order valence-corrected chi connectivity index (χ4v) is 1.78. The zero-order valence-electron chi connectivity index (χ0n) is 5.67. The third-order valence-electron chi connectivity index (χ3n) is 0.936. The summed E-state index contributed by atoms with van der Waals surface area (Å²) >= 11 is 0. The zero-order valence-corrected chi connectivity index (χ0v) is 7.31. The molecule has 0 aromatic carbocycles. The van der Waals surface area contributed by atoms with Gasteiger partial charge >= 0.3 is 0 Å². The summed E-state index contributed by atoms with van der Waals surface area (Å²) in [4.78, 5) is 3.56. The Hall–Kier alpha value is -0.290. The maximum Gasteiger partial charge on any atom is 0.159 e. The van der Waals surface area contributed by atoms with Crippen LogP contribution in [0.1, 0.15) is 0 Å². The van der Waals surface area contributed by atoms with Crippen LogP contribution < -0.4 is 0 Å². The highest BCUT2D eigenvalue weighted by Gasteiger charge is 2.04. The lowest BCUT2D eigenvalue weighted by Gasteiger charge is -1.96. The van der Waals surface area contributed by atoms with Gasteiger partial charge in [0.2, 0.25) is 0 Å². The lowest BCUT2D eigenvalue weighted by molar-refractivity contribution is 0.549. The van der Waals surface area contributed by atoms with E-state index in [2.05, 4.69) is 4.98 Å². The van der Waals surface area contributed by atoms with Gasteiger partial charge in [-0.05, 0) is 17.0 Å². The van der Waals surface area contributed by atoms with Gasteiger partial charge in [-0.2, -0.15) is 0 Å². The maximum absolute atomic E-state index is 12.7. The molecule has 1 aromatic heterocycles. The number of pyridine rings is 1. The molecule has 0 fully saturated rings. The summed E-state index contributed by atoms with van der Waals surface area (Å²) in [7, 11) is 2.54. The summed E-state index contributed by atoms with van der Waals surface area (Å²) in [6.45, 7) is 0. The quantitative estimate of drug-likeness (QED) is 0.670. The molecule has 1 rings (SSSR count). The molecular weight excluding hydrogens is 188 g/mol. The second-order valence-corrected chi connectivity index (χ2v) is 4.08. The minimum atomic E-state index is -0.645. The van der Waals surface area contributed by atoms with Crippen molar-refractivity contribution in [1.82, 2.24) is 4.98 Å². The van der Waals surface area contributed by atoms with Gasteiger partial charge in [0.05, 0.1) is 6.20 Å². The average Bonchev–Trinajstić information content (AvgIpc) is 1.95. The lowest BCUT2D eigenvalue weighted by Crippen LogP contribution is -1.86. The summed E-state index contributed by atoms with van der Waals surface area (Å²) in [5.74, 6) is -1.25. The molecule has 0 N–H and O–H groups in total. The molecule has 0 atom stereocenters. The Balaban J connectivity index is 2.90. The van der Waals surface area contributed by atoms with E-state index in [9.17, 15) is 8.78 Å². The third-order valence-corrected chi connectivity index (χ3v) is 2.53. The van der Waals surface area contributed by atoms with Crippen molar-refractivity contribution in [3.8, 4) is 0 Å². The summed E-state index contributed by atoms with van der Waals surface area (Å²) in [5.41, 5.74) is 0. The lowest BCUT2D eigenvalue weighted by atomic mass is 10.5. The zero-order chi connectivity index (χ0) is 8.27. The second kappa shape index (κ2) is 3.92. The summed E-state index contributed by atoms with van der Waals surface area (Å²) in [6, 6.07) is 0.825. The largest absolute Gasteiger partial charge is 0.243 e. The molecule has 0 saturated heterocycles. The van der Waals surface area contributed by atoms with E-state index >= 15 is 0 Å². The molecule has 1 nitrogen and oxygen atoms in total. The predicted molar refractivity (Wildman–Crippen MR) is 43.5 cm³/mol. The highest BCUT2D eigenvalue weighted by molar-refractivity contribution is 8.76. The molecule has 11 heavy (non-hydrogen) atoms. The van der Waals surface area contributed by atoms with Crippen molar-refractivity contribution in [3.63, 3.8) is 0 Å². The van der Waals surface area contributed by atoms with Gasteiger partial charge in [0.1, 0.15) is 10.8 Å². The number of hydrogen-bond acceptors (Lipinski definition) is 3. The Morgan fingerprint density at radius 2 is 2.18 bits per heavy atom. The molecule has 0 spiro atoms. The summed E-state index contributed by atoms with van der Waals surface area (Å²) in [5, 5.41) is 0.221. The van der Waals surface area contributed by atoms with Crippen molar-refractivity contribution in [2.75, 3.05) is 6.26 Å². The summed E-state index contributed by atoms with van der Waals surface area (Å²) in [6.07, 6.45) is 2.80. The Morgan fingerprint density at radius 3 is 2.73 bits per heavy atom. The van der Waals surface area contributed by atoms with E-state index in [1.54, 1.807) is 6.26 Å².